The van der Waals surface area contributed by atoms with Crippen molar-refractivity contribution < 1.29 is 43.7 Å². The predicted octanol–water partition coefficient (Wildman–Crippen LogP) is 0.871. The number of hydrogen-bond acceptors (Lipinski definition) is 10. The monoisotopic (exact) mass is 498 g/mol. The number of amides is 1. The molecule has 0 aliphatic heterocycles. The molecule has 0 fully saturated rings. The minimum Gasteiger partial charge on any atom is -0.508 e. The van der Waals surface area contributed by atoms with Gasteiger partial charge in [0.05, 0.1) is 5.56 Å². The third-order valence-corrected chi connectivity index (χ3v) is 6.87. The highest BCUT2D eigenvalue weighted by Crippen LogP contribution is 2.54. The summed E-state index contributed by atoms with van der Waals surface area (Å²) in [5.74, 6) is -7.45. The predicted molar refractivity (Wildman–Crippen MR) is 124 cm³/mol. The van der Waals surface area contributed by atoms with E-state index in [-0.39, 0.29) is 36.1 Å². The SMILES string of the molecule is CC(=O)OC1=C2C(=O)c3c(OC(C)=O)ccc(N(C)C)c3C[C@H]2C[C@H]2CC(=O)C(C(N)=O)=C(O)[C@@]12O. The van der Waals surface area contributed by atoms with Gasteiger partial charge in [0.15, 0.2) is 22.9 Å². The van der Waals surface area contributed by atoms with Gasteiger partial charge in [-0.3, -0.25) is 24.0 Å². The highest BCUT2D eigenvalue weighted by Gasteiger charge is 2.59. The maximum atomic E-state index is 14.0. The van der Waals surface area contributed by atoms with Gasteiger partial charge in [0.25, 0.3) is 5.91 Å². The smallest absolute Gasteiger partial charge is 0.308 e. The highest BCUT2D eigenvalue weighted by molar-refractivity contribution is 6.20. The summed E-state index contributed by atoms with van der Waals surface area (Å²) in [6.45, 7) is 2.24. The average molecular weight is 498 g/mol. The number of nitrogens with zero attached hydrogens (tertiary/aromatic N) is 1. The van der Waals surface area contributed by atoms with Crippen molar-refractivity contribution in [2.24, 2.45) is 17.6 Å². The van der Waals surface area contributed by atoms with Crippen LogP contribution in [0.15, 0.2) is 34.8 Å². The average Bonchev–Trinajstić information content (AvgIpc) is 2.74. The van der Waals surface area contributed by atoms with E-state index in [0.29, 0.717) is 11.3 Å². The van der Waals surface area contributed by atoms with Gasteiger partial charge in [0.1, 0.15) is 17.1 Å². The summed E-state index contributed by atoms with van der Waals surface area (Å²) in [6, 6.07) is 3.19. The summed E-state index contributed by atoms with van der Waals surface area (Å²) in [5.41, 5.74) is 3.19. The van der Waals surface area contributed by atoms with Crippen LogP contribution in [0.5, 0.6) is 5.75 Å². The van der Waals surface area contributed by atoms with Crippen LogP contribution >= 0.6 is 0 Å². The van der Waals surface area contributed by atoms with E-state index >= 15 is 0 Å². The molecule has 1 amide bonds. The standard InChI is InChI=1S/C25H26N2O9/c1-10(28)35-17-6-5-15(27(3)4)14-8-12-7-13-9-16(30)20(24(26)33)22(32)25(13,34)23(36-11(2)29)18(12)21(31)19(14)17/h5-6,12-13,32,34H,7-9H2,1-4H3,(H2,26,33)/t12-,13+,25-/m1/s1. The molecule has 0 spiro atoms. The van der Waals surface area contributed by atoms with E-state index in [1.54, 1.807) is 25.1 Å². The molecule has 4 rings (SSSR count). The molecule has 1 aromatic carbocycles. The first-order valence-corrected chi connectivity index (χ1v) is 11.3. The van der Waals surface area contributed by atoms with E-state index in [9.17, 15) is 34.2 Å². The fourth-order valence-corrected chi connectivity index (χ4v) is 5.50. The van der Waals surface area contributed by atoms with Crippen molar-refractivity contribution >= 4 is 35.1 Å². The zero-order valence-electron chi connectivity index (χ0n) is 20.2. The van der Waals surface area contributed by atoms with Gasteiger partial charge in [-0.25, -0.2) is 0 Å². The van der Waals surface area contributed by atoms with Crippen molar-refractivity contribution in [1.82, 2.24) is 0 Å². The number of allylic oxidation sites excluding steroid dienone is 1. The number of rotatable bonds is 4. The second-order valence-electron chi connectivity index (χ2n) is 9.41. The lowest BCUT2D eigenvalue weighted by atomic mass is 9.60. The second-order valence-corrected chi connectivity index (χ2v) is 9.41. The lowest BCUT2D eigenvalue weighted by molar-refractivity contribution is -0.145. The van der Waals surface area contributed by atoms with Crippen LogP contribution in [0.25, 0.3) is 0 Å². The Balaban J connectivity index is 2.04. The van der Waals surface area contributed by atoms with E-state index < -0.39 is 63.9 Å². The number of aliphatic hydroxyl groups is 2. The number of aliphatic hydroxyl groups excluding tert-OH is 1. The molecular formula is C25H26N2O9. The number of esters is 2. The van der Waals surface area contributed by atoms with Gasteiger partial charge in [-0.15, -0.1) is 0 Å². The number of primary amides is 1. The maximum absolute atomic E-state index is 14.0. The number of fused-ring (bicyclic) bond motifs is 3. The Kier molecular flexibility index (Phi) is 5.99. The van der Waals surface area contributed by atoms with E-state index in [1.165, 1.54) is 13.0 Å². The molecule has 3 aliphatic rings. The molecule has 0 heterocycles. The Morgan fingerprint density at radius 2 is 1.72 bits per heavy atom. The number of Topliss-reactive ketones (excluding diaryl/α,β-unsaturated/α-hetero) is 2. The molecule has 4 N–H and O–H groups in total. The number of ether oxygens (including phenoxy) is 2. The van der Waals surface area contributed by atoms with Gasteiger partial charge in [0.2, 0.25) is 0 Å². The van der Waals surface area contributed by atoms with Crippen LogP contribution in [-0.2, 0) is 30.3 Å². The Morgan fingerprint density at radius 3 is 2.28 bits per heavy atom. The van der Waals surface area contributed by atoms with Crippen molar-refractivity contribution in [2.45, 2.75) is 38.7 Å². The molecule has 11 nitrogen and oxygen atoms in total. The minimum atomic E-state index is -2.51. The van der Waals surface area contributed by atoms with Crippen molar-refractivity contribution in [1.29, 1.82) is 0 Å². The molecule has 0 saturated carbocycles. The third-order valence-electron chi connectivity index (χ3n) is 6.87. The van der Waals surface area contributed by atoms with Gasteiger partial charge >= 0.3 is 11.9 Å². The summed E-state index contributed by atoms with van der Waals surface area (Å²) in [7, 11) is 3.57. The first kappa shape index (κ1) is 25.1. The van der Waals surface area contributed by atoms with Crippen molar-refractivity contribution in [3.05, 3.63) is 45.9 Å². The lowest BCUT2D eigenvalue weighted by Gasteiger charge is -2.47. The van der Waals surface area contributed by atoms with Crippen molar-refractivity contribution in [3.63, 3.8) is 0 Å². The Labute approximate surface area is 206 Å². The summed E-state index contributed by atoms with van der Waals surface area (Å²) < 4.78 is 10.6. The molecule has 1 aromatic rings. The van der Waals surface area contributed by atoms with Crippen LogP contribution < -0.4 is 15.4 Å². The summed E-state index contributed by atoms with van der Waals surface area (Å²) in [4.78, 5) is 64.1. The van der Waals surface area contributed by atoms with Crippen LogP contribution in [0, 0.1) is 11.8 Å². The molecule has 3 aliphatic carbocycles. The van der Waals surface area contributed by atoms with Crippen LogP contribution in [0.3, 0.4) is 0 Å². The molecule has 0 unspecified atom stereocenters. The molecule has 0 bridgehead atoms. The lowest BCUT2D eigenvalue weighted by Crippen LogP contribution is -2.54. The number of ketones is 2. The number of nitrogens with two attached hydrogens (primary N) is 1. The molecule has 0 radical (unpaired) electrons. The Bertz CT molecular complexity index is 1310. The number of hydrogen-bond donors (Lipinski definition) is 3. The summed E-state index contributed by atoms with van der Waals surface area (Å²) in [5, 5.41) is 22.6. The number of benzene rings is 1. The first-order chi connectivity index (χ1) is 16.8. The molecule has 36 heavy (non-hydrogen) atoms. The topological polar surface area (TPSA) is 174 Å². The quantitative estimate of drug-likeness (QED) is 0.307. The fourth-order valence-electron chi connectivity index (χ4n) is 5.50. The van der Waals surface area contributed by atoms with Gasteiger partial charge in [0, 0.05) is 51.5 Å². The fraction of sp³-hybridized carbons (Fsp3) is 0.400. The van der Waals surface area contributed by atoms with Crippen LogP contribution in [0.1, 0.15) is 42.6 Å². The number of carbonyl (C=O) groups is 5. The van der Waals surface area contributed by atoms with Gasteiger partial charge in [-0.05, 0) is 36.5 Å². The second kappa shape index (κ2) is 8.59. The zero-order valence-corrected chi connectivity index (χ0v) is 20.2. The van der Waals surface area contributed by atoms with E-state index in [4.69, 9.17) is 15.2 Å². The number of carbonyl (C=O) groups excluding carboxylic acids is 5. The maximum Gasteiger partial charge on any atom is 0.308 e. The zero-order chi connectivity index (χ0) is 26.7. The molecule has 11 heteroatoms. The van der Waals surface area contributed by atoms with Crippen LogP contribution in [0.4, 0.5) is 5.69 Å². The van der Waals surface area contributed by atoms with E-state index in [2.05, 4.69) is 0 Å². The molecule has 0 aromatic heterocycles. The molecule has 3 atom stereocenters. The van der Waals surface area contributed by atoms with Crippen molar-refractivity contribution in [2.75, 3.05) is 19.0 Å². The van der Waals surface area contributed by atoms with Crippen LogP contribution in [-0.4, -0.2) is 59.3 Å². The van der Waals surface area contributed by atoms with Gasteiger partial charge in [-0.2, -0.15) is 0 Å². The van der Waals surface area contributed by atoms with Gasteiger partial charge < -0.3 is 30.3 Å². The largest absolute Gasteiger partial charge is 0.508 e. The van der Waals surface area contributed by atoms with Crippen LogP contribution in [0.2, 0.25) is 0 Å². The van der Waals surface area contributed by atoms with Crippen molar-refractivity contribution in [3.8, 4) is 5.75 Å². The Hall–Kier alpha value is -3.99. The molecular weight excluding hydrogens is 472 g/mol. The Morgan fingerprint density at radius 1 is 1.08 bits per heavy atom. The summed E-state index contributed by atoms with van der Waals surface area (Å²) >= 11 is 0. The van der Waals surface area contributed by atoms with E-state index in [0.717, 1.165) is 6.92 Å². The molecule has 190 valence electrons. The third kappa shape index (κ3) is 3.67. The number of anilines is 1. The summed E-state index contributed by atoms with van der Waals surface area (Å²) in [6.07, 6.45) is -0.0611. The normalized spacial score (nSPS) is 25.0. The molecule has 0 saturated heterocycles. The van der Waals surface area contributed by atoms with Gasteiger partial charge in [-0.1, -0.05) is 0 Å². The first-order valence-electron chi connectivity index (χ1n) is 11.3. The van der Waals surface area contributed by atoms with E-state index in [1.807, 2.05) is 0 Å². The minimum absolute atomic E-state index is 0.00764. The highest BCUT2D eigenvalue weighted by atomic mass is 16.6.